The summed E-state index contributed by atoms with van der Waals surface area (Å²) in [5, 5.41) is 9.78. The van der Waals surface area contributed by atoms with Crippen molar-refractivity contribution in [2.45, 2.75) is 19.1 Å². The Hall–Kier alpha value is -1.14. The summed E-state index contributed by atoms with van der Waals surface area (Å²) < 4.78 is 20.6. The molecule has 1 aromatic carbocycles. The Morgan fingerprint density at radius 3 is 2.20 bits per heavy atom. The summed E-state index contributed by atoms with van der Waals surface area (Å²) >= 11 is 0. The van der Waals surface area contributed by atoms with Gasteiger partial charge in [-0.3, -0.25) is 0 Å². The van der Waals surface area contributed by atoms with Crippen LogP contribution >= 0.6 is 0 Å². The maximum absolute atomic E-state index is 9.78. The minimum absolute atomic E-state index is 0.357. The van der Waals surface area contributed by atoms with Gasteiger partial charge in [0.05, 0.1) is 19.8 Å². The van der Waals surface area contributed by atoms with Gasteiger partial charge in [0.1, 0.15) is 5.75 Å². The highest BCUT2D eigenvalue weighted by atomic mass is 16.6. The fraction of sp³-hybridized carbons (Fsp3) is 0.600. The van der Waals surface area contributed by atoms with E-state index in [1.54, 1.807) is 26.4 Å². The molecular formula is C15H24O5. The lowest BCUT2D eigenvalue weighted by Crippen LogP contribution is -2.08. The van der Waals surface area contributed by atoms with Crippen molar-refractivity contribution in [3.8, 4) is 5.75 Å². The van der Waals surface area contributed by atoms with Crippen molar-refractivity contribution in [2.75, 3.05) is 40.6 Å². The van der Waals surface area contributed by atoms with Crippen LogP contribution in [0.1, 0.15) is 24.7 Å². The predicted molar refractivity (Wildman–Crippen MR) is 75.8 cm³/mol. The lowest BCUT2D eigenvalue weighted by molar-refractivity contribution is -0.113. The summed E-state index contributed by atoms with van der Waals surface area (Å²) in [6.07, 6.45) is 1.01. The first-order valence-electron chi connectivity index (χ1n) is 6.78. The van der Waals surface area contributed by atoms with Crippen molar-refractivity contribution in [1.82, 2.24) is 0 Å². The first kappa shape index (κ1) is 16.9. The highest BCUT2D eigenvalue weighted by molar-refractivity contribution is 5.27. The largest absolute Gasteiger partial charge is 0.494 e. The zero-order chi connectivity index (χ0) is 14.6. The fourth-order valence-electron chi connectivity index (χ4n) is 1.61. The van der Waals surface area contributed by atoms with Crippen LogP contribution in [0.4, 0.5) is 0 Å². The van der Waals surface area contributed by atoms with E-state index in [1.165, 1.54) is 0 Å². The molecule has 0 aliphatic rings. The zero-order valence-electron chi connectivity index (χ0n) is 12.2. The van der Waals surface area contributed by atoms with Gasteiger partial charge in [0.2, 0.25) is 0 Å². The molecule has 0 aliphatic heterocycles. The van der Waals surface area contributed by atoms with Crippen LogP contribution in [0.25, 0.3) is 0 Å². The number of benzene rings is 1. The Morgan fingerprint density at radius 2 is 1.55 bits per heavy atom. The van der Waals surface area contributed by atoms with Gasteiger partial charge in [0, 0.05) is 26.4 Å². The summed E-state index contributed by atoms with van der Waals surface area (Å²) in [7, 11) is 3.29. The molecule has 0 saturated heterocycles. The molecular weight excluding hydrogens is 260 g/mol. The van der Waals surface area contributed by atoms with Crippen LogP contribution < -0.4 is 4.74 Å². The summed E-state index contributed by atoms with van der Waals surface area (Å²) in [4.78, 5) is 0. The van der Waals surface area contributed by atoms with E-state index in [9.17, 15) is 5.11 Å². The molecule has 5 nitrogen and oxygen atoms in total. The van der Waals surface area contributed by atoms with Crippen LogP contribution in [-0.4, -0.2) is 45.8 Å². The summed E-state index contributed by atoms with van der Waals surface area (Å²) in [6, 6.07) is 7.24. The summed E-state index contributed by atoms with van der Waals surface area (Å²) in [5.74, 6) is 0.787. The molecule has 0 amide bonds. The Morgan fingerprint density at radius 1 is 0.900 bits per heavy atom. The number of hydrogen-bond acceptors (Lipinski definition) is 5. The molecule has 0 spiro atoms. The van der Waals surface area contributed by atoms with Crippen LogP contribution in [-0.2, 0) is 14.2 Å². The molecule has 1 rings (SSSR count). The highest BCUT2D eigenvalue weighted by Crippen LogP contribution is 2.18. The molecule has 1 N–H and O–H groups in total. The number of aliphatic hydroxyl groups is 1. The first-order chi connectivity index (χ1) is 9.77. The summed E-state index contributed by atoms with van der Waals surface area (Å²) in [5.41, 5.74) is 0.702. The van der Waals surface area contributed by atoms with Gasteiger partial charge in [-0.15, -0.1) is 0 Å². The average molecular weight is 284 g/mol. The van der Waals surface area contributed by atoms with Crippen molar-refractivity contribution in [2.24, 2.45) is 0 Å². The number of aliphatic hydroxyl groups excluding tert-OH is 1. The van der Waals surface area contributed by atoms with Gasteiger partial charge in [-0.2, -0.15) is 0 Å². The quantitative estimate of drug-likeness (QED) is 0.498. The maximum atomic E-state index is 9.78. The van der Waals surface area contributed by atoms with Crippen LogP contribution in [0.5, 0.6) is 5.75 Å². The Balaban J connectivity index is 2.28. The van der Waals surface area contributed by atoms with Gasteiger partial charge >= 0.3 is 0 Å². The van der Waals surface area contributed by atoms with E-state index in [2.05, 4.69) is 0 Å². The lowest BCUT2D eigenvalue weighted by atomic mass is 10.2. The molecule has 0 bridgehead atoms. The molecule has 114 valence electrons. The maximum Gasteiger partial charge on any atom is 0.181 e. The second kappa shape index (κ2) is 10.6. The van der Waals surface area contributed by atoms with Crippen LogP contribution in [0.2, 0.25) is 0 Å². The number of rotatable bonds is 11. The third-order valence-corrected chi connectivity index (χ3v) is 2.74. The van der Waals surface area contributed by atoms with Crippen LogP contribution in [0.3, 0.4) is 0 Å². The van der Waals surface area contributed by atoms with Gasteiger partial charge in [0.25, 0.3) is 0 Å². The minimum atomic E-state index is -0.930. The Bertz CT molecular complexity index is 339. The molecule has 0 radical (unpaired) electrons. The van der Waals surface area contributed by atoms with E-state index < -0.39 is 6.29 Å². The number of hydrogen-bond donors (Lipinski definition) is 1. The van der Waals surface area contributed by atoms with Gasteiger partial charge in [-0.25, -0.2) is 0 Å². The number of unbranched alkanes of at least 4 members (excludes halogenated alkanes) is 1. The monoisotopic (exact) mass is 284 g/mol. The molecule has 0 heterocycles. The van der Waals surface area contributed by atoms with Crippen molar-refractivity contribution in [3.05, 3.63) is 29.8 Å². The zero-order valence-corrected chi connectivity index (χ0v) is 12.2. The second-order valence-electron chi connectivity index (χ2n) is 4.33. The number of ether oxygens (including phenoxy) is 4. The lowest BCUT2D eigenvalue weighted by Gasteiger charge is -2.13. The smallest absolute Gasteiger partial charge is 0.181 e. The molecule has 0 aromatic heterocycles. The Labute approximate surface area is 120 Å². The topological polar surface area (TPSA) is 57.2 Å². The van der Waals surface area contributed by atoms with Gasteiger partial charge in [-0.1, -0.05) is 12.1 Å². The van der Waals surface area contributed by atoms with Crippen LogP contribution in [0.15, 0.2) is 24.3 Å². The van der Waals surface area contributed by atoms with E-state index in [0.717, 1.165) is 25.2 Å². The average Bonchev–Trinajstić information content (AvgIpc) is 2.48. The minimum Gasteiger partial charge on any atom is -0.494 e. The van der Waals surface area contributed by atoms with Crippen molar-refractivity contribution >= 4 is 0 Å². The van der Waals surface area contributed by atoms with Crippen molar-refractivity contribution in [1.29, 1.82) is 0 Å². The number of methoxy groups -OCH3 is 2. The molecule has 1 atom stereocenters. The molecule has 0 fully saturated rings. The highest BCUT2D eigenvalue weighted by Gasteiger charge is 2.07. The van der Waals surface area contributed by atoms with Crippen molar-refractivity contribution < 1.29 is 24.1 Å². The van der Waals surface area contributed by atoms with Gasteiger partial charge < -0.3 is 24.1 Å². The molecule has 0 aliphatic carbocycles. The van der Waals surface area contributed by atoms with Gasteiger partial charge in [0.15, 0.2) is 6.29 Å². The third-order valence-electron chi connectivity index (χ3n) is 2.74. The standard InChI is InChI=1S/C15H24O5/c1-17-9-3-4-10-19-14-7-5-13(6-8-14)15(16)20-12-11-18-2/h5-8,15-16H,3-4,9-12H2,1-2H3. The van der Waals surface area contributed by atoms with E-state index in [4.69, 9.17) is 18.9 Å². The fourth-order valence-corrected chi connectivity index (χ4v) is 1.61. The SMILES string of the molecule is COCCCCOc1ccc(C(O)OCCOC)cc1. The van der Waals surface area contributed by atoms with E-state index in [1.807, 2.05) is 12.1 Å². The first-order valence-corrected chi connectivity index (χ1v) is 6.78. The van der Waals surface area contributed by atoms with E-state index in [-0.39, 0.29) is 0 Å². The van der Waals surface area contributed by atoms with E-state index in [0.29, 0.717) is 25.4 Å². The third kappa shape index (κ3) is 6.86. The Kier molecular flexibility index (Phi) is 8.98. The molecule has 5 heteroatoms. The molecule has 1 aromatic rings. The molecule has 1 unspecified atom stereocenters. The van der Waals surface area contributed by atoms with Crippen LogP contribution in [0, 0.1) is 0 Å². The van der Waals surface area contributed by atoms with Crippen molar-refractivity contribution in [3.63, 3.8) is 0 Å². The second-order valence-corrected chi connectivity index (χ2v) is 4.33. The van der Waals surface area contributed by atoms with Gasteiger partial charge in [-0.05, 0) is 25.0 Å². The molecule has 20 heavy (non-hydrogen) atoms. The van der Waals surface area contributed by atoms with E-state index >= 15 is 0 Å². The molecule has 0 saturated carbocycles. The normalized spacial score (nSPS) is 12.3. The predicted octanol–water partition coefficient (Wildman–Crippen LogP) is 2.15. The summed E-state index contributed by atoms with van der Waals surface area (Å²) in [6.45, 7) is 2.23.